The van der Waals surface area contributed by atoms with Gasteiger partial charge in [-0.15, -0.1) is 0 Å². The molecule has 0 amide bonds. The van der Waals surface area contributed by atoms with Crippen LogP contribution in [0.2, 0.25) is 0 Å². The molecule has 1 aliphatic heterocycles. The highest BCUT2D eigenvalue weighted by atomic mass is 32.2. The smallest absolute Gasteiger partial charge is 0.238 e. The van der Waals surface area contributed by atoms with Gasteiger partial charge in [-0.2, -0.15) is 0 Å². The van der Waals surface area contributed by atoms with Crippen LogP contribution in [0.15, 0.2) is 52.4 Å². The zero-order chi connectivity index (χ0) is 19.3. The van der Waals surface area contributed by atoms with Gasteiger partial charge in [0.25, 0.3) is 0 Å². The van der Waals surface area contributed by atoms with E-state index in [2.05, 4.69) is 10.3 Å². The Morgan fingerprint density at radius 3 is 2.48 bits per heavy atom. The molecule has 0 saturated carbocycles. The number of hydrogen-bond donors (Lipinski definition) is 3. The van der Waals surface area contributed by atoms with Crippen molar-refractivity contribution in [2.24, 2.45) is 15.9 Å². The molecule has 5 N–H and O–H groups in total. The van der Waals surface area contributed by atoms with Crippen LogP contribution in [0.4, 0.5) is 5.69 Å². The number of guanidine groups is 1. The van der Waals surface area contributed by atoms with Gasteiger partial charge in [0, 0.05) is 24.7 Å². The van der Waals surface area contributed by atoms with Crippen LogP contribution in [0.5, 0.6) is 11.5 Å². The van der Waals surface area contributed by atoms with Crippen LogP contribution in [-0.2, 0) is 16.4 Å². The van der Waals surface area contributed by atoms with Gasteiger partial charge >= 0.3 is 0 Å². The van der Waals surface area contributed by atoms with E-state index in [9.17, 15) is 8.42 Å². The first kappa shape index (κ1) is 19.0. The predicted octanol–water partition coefficient (Wildman–Crippen LogP) is 1.46. The van der Waals surface area contributed by atoms with Crippen LogP contribution in [0.25, 0.3) is 0 Å². The summed E-state index contributed by atoms with van der Waals surface area (Å²) in [5.74, 6) is 1.68. The van der Waals surface area contributed by atoms with Gasteiger partial charge < -0.3 is 20.5 Å². The largest absolute Gasteiger partial charge is 0.490 e. The Kier molecular flexibility index (Phi) is 5.82. The normalized spacial score (nSPS) is 14.5. The third-order valence-electron chi connectivity index (χ3n) is 3.95. The van der Waals surface area contributed by atoms with Gasteiger partial charge in [-0.05, 0) is 36.2 Å². The maximum Gasteiger partial charge on any atom is 0.238 e. The fourth-order valence-electron chi connectivity index (χ4n) is 2.58. The van der Waals surface area contributed by atoms with Gasteiger partial charge in [0.05, 0.1) is 18.1 Å². The van der Waals surface area contributed by atoms with Crippen LogP contribution in [0.1, 0.15) is 12.0 Å². The summed E-state index contributed by atoms with van der Waals surface area (Å²) >= 11 is 0. The number of hydrogen-bond acceptors (Lipinski definition) is 5. The van der Waals surface area contributed by atoms with Crippen LogP contribution < -0.4 is 25.7 Å². The van der Waals surface area contributed by atoms with E-state index in [1.807, 2.05) is 18.2 Å². The van der Waals surface area contributed by atoms with Crippen molar-refractivity contribution in [2.75, 3.05) is 25.1 Å². The minimum absolute atomic E-state index is 0.0883. The third-order valence-corrected chi connectivity index (χ3v) is 4.88. The molecule has 0 fully saturated rings. The number of nitrogens with one attached hydrogen (secondary N) is 1. The van der Waals surface area contributed by atoms with Gasteiger partial charge in [0.1, 0.15) is 0 Å². The standard InChI is InChI=1S/C18H22N4O4S/c19-18(21-9-8-13-2-5-15(6-3-13)27(20,23)24)22-14-4-7-16-17(12-14)26-11-1-10-25-16/h2-7,12H,1,8-11H2,(H3,19,21,22)(H2,20,23,24). The van der Waals surface area contributed by atoms with E-state index in [-0.39, 0.29) is 10.9 Å². The second-order valence-electron chi connectivity index (χ2n) is 6.04. The molecule has 9 heteroatoms. The molecule has 2 aromatic rings. The van der Waals surface area contributed by atoms with Crippen molar-refractivity contribution in [3.63, 3.8) is 0 Å². The minimum Gasteiger partial charge on any atom is -0.490 e. The molecule has 144 valence electrons. The third kappa shape index (κ3) is 5.35. The van der Waals surface area contributed by atoms with Crippen molar-refractivity contribution >= 4 is 21.7 Å². The summed E-state index contributed by atoms with van der Waals surface area (Å²) in [5, 5.41) is 8.10. The lowest BCUT2D eigenvalue weighted by Gasteiger charge is -2.10. The van der Waals surface area contributed by atoms with Crippen LogP contribution in [0, 0.1) is 0 Å². The summed E-state index contributed by atoms with van der Waals surface area (Å²) in [4.78, 5) is 4.37. The Bertz CT molecular complexity index is 927. The predicted molar refractivity (Wildman–Crippen MR) is 104 cm³/mol. The second-order valence-corrected chi connectivity index (χ2v) is 7.60. The second kappa shape index (κ2) is 8.28. The monoisotopic (exact) mass is 390 g/mol. The van der Waals surface area contributed by atoms with E-state index in [0.29, 0.717) is 31.9 Å². The summed E-state index contributed by atoms with van der Waals surface area (Å²) in [6, 6.07) is 11.9. The minimum atomic E-state index is -3.67. The Balaban J connectivity index is 1.56. The lowest BCUT2D eigenvalue weighted by atomic mass is 10.1. The van der Waals surface area contributed by atoms with E-state index in [4.69, 9.17) is 20.3 Å². The van der Waals surface area contributed by atoms with Gasteiger partial charge in [-0.25, -0.2) is 13.6 Å². The SMILES string of the molecule is NC(=NCCc1ccc(S(N)(=O)=O)cc1)Nc1ccc2c(c1)OCCCO2. The zero-order valence-electron chi connectivity index (χ0n) is 14.7. The highest BCUT2D eigenvalue weighted by Crippen LogP contribution is 2.32. The molecular formula is C18H22N4O4S. The number of nitrogens with two attached hydrogens (primary N) is 2. The number of aliphatic imine (C=N–C) groups is 1. The van der Waals surface area contributed by atoms with Crippen molar-refractivity contribution in [3.8, 4) is 11.5 Å². The highest BCUT2D eigenvalue weighted by molar-refractivity contribution is 7.89. The maximum atomic E-state index is 11.2. The molecule has 1 heterocycles. The molecule has 0 unspecified atom stereocenters. The molecule has 27 heavy (non-hydrogen) atoms. The lowest BCUT2D eigenvalue weighted by Crippen LogP contribution is -2.23. The molecular weight excluding hydrogens is 368 g/mol. The Labute approximate surface area is 158 Å². The summed E-state index contributed by atoms with van der Waals surface area (Å²) in [7, 11) is -3.67. The number of fused-ring (bicyclic) bond motifs is 1. The number of benzene rings is 2. The number of sulfonamides is 1. The molecule has 0 saturated heterocycles. The fraction of sp³-hybridized carbons (Fsp3) is 0.278. The van der Waals surface area contributed by atoms with Gasteiger partial charge in [-0.3, -0.25) is 4.99 Å². The zero-order valence-corrected chi connectivity index (χ0v) is 15.5. The number of rotatable bonds is 5. The van der Waals surface area contributed by atoms with Gasteiger partial charge in [-0.1, -0.05) is 12.1 Å². The molecule has 0 radical (unpaired) electrons. The number of ether oxygens (including phenoxy) is 2. The average molecular weight is 390 g/mol. The van der Waals surface area contributed by atoms with Crippen molar-refractivity contribution in [1.82, 2.24) is 0 Å². The summed E-state index contributed by atoms with van der Waals surface area (Å²) in [6.07, 6.45) is 1.47. The quantitative estimate of drug-likeness (QED) is 0.524. The summed E-state index contributed by atoms with van der Waals surface area (Å²) in [6.45, 7) is 1.71. The first-order valence-corrected chi connectivity index (χ1v) is 10.0. The van der Waals surface area contributed by atoms with E-state index >= 15 is 0 Å². The average Bonchev–Trinajstić information content (AvgIpc) is 2.86. The van der Waals surface area contributed by atoms with Gasteiger partial charge in [0.15, 0.2) is 17.5 Å². The van der Waals surface area contributed by atoms with Crippen molar-refractivity contribution in [1.29, 1.82) is 0 Å². The molecule has 0 spiro atoms. The van der Waals surface area contributed by atoms with Crippen molar-refractivity contribution < 1.29 is 17.9 Å². The molecule has 8 nitrogen and oxygen atoms in total. The van der Waals surface area contributed by atoms with Crippen LogP contribution in [0.3, 0.4) is 0 Å². The Morgan fingerprint density at radius 2 is 1.78 bits per heavy atom. The number of primary sulfonamides is 1. The highest BCUT2D eigenvalue weighted by Gasteiger charge is 2.11. The Hall–Kier alpha value is -2.78. The Morgan fingerprint density at radius 1 is 1.07 bits per heavy atom. The van der Waals surface area contributed by atoms with E-state index in [1.54, 1.807) is 12.1 Å². The molecule has 0 bridgehead atoms. The van der Waals surface area contributed by atoms with Crippen molar-refractivity contribution in [3.05, 3.63) is 48.0 Å². The summed E-state index contributed by atoms with van der Waals surface area (Å²) < 4.78 is 33.7. The van der Waals surface area contributed by atoms with E-state index in [0.717, 1.165) is 23.4 Å². The van der Waals surface area contributed by atoms with Crippen molar-refractivity contribution in [2.45, 2.75) is 17.7 Å². The number of nitrogens with zero attached hydrogens (tertiary/aromatic N) is 1. The number of anilines is 1. The first-order chi connectivity index (χ1) is 12.9. The molecule has 0 atom stereocenters. The van der Waals surface area contributed by atoms with E-state index in [1.165, 1.54) is 12.1 Å². The van der Waals surface area contributed by atoms with Crippen LogP contribution >= 0.6 is 0 Å². The van der Waals surface area contributed by atoms with E-state index < -0.39 is 10.0 Å². The maximum absolute atomic E-state index is 11.2. The molecule has 0 aliphatic carbocycles. The van der Waals surface area contributed by atoms with Crippen LogP contribution in [-0.4, -0.2) is 34.1 Å². The van der Waals surface area contributed by atoms with Gasteiger partial charge in [0.2, 0.25) is 10.0 Å². The molecule has 1 aliphatic rings. The topological polar surface area (TPSA) is 129 Å². The molecule has 0 aromatic heterocycles. The molecule has 3 rings (SSSR count). The fourth-order valence-corrected chi connectivity index (χ4v) is 3.10. The first-order valence-electron chi connectivity index (χ1n) is 8.50. The summed E-state index contributed by atoms with van der Waals surface area (Å²) in [5.41, 5.74) is 7.63. The molecule has 2 aromatic carbocycles. The lowest BCUT2D eigenvalue weighted by molar-refractivity contribution is 0.297.